The molecule has 3 aromatic rings. The lowest BCUT2D eigenvalue weighted by atomic mass is 10.1. The molecule has 31 heavy (non-hydrogen) atoms. The molecule has 0 unspecified atom stereocenters. The zero-order valence-electron chi connectivity index (χ0n) is 16.3. The van der Waals surface area contributed by atoms with Crippen LogP contribution < -0.4 is 4.90 Å². The SMILES string of the molecule is O=C(c1cc([N+](=O)[O-])ccc1Cl)N(CCN1CCOCC1)c1nc2ccc(Cl)cc2s1. The van der Waals surface area contributed by atoms with Crippen molar-refractivity contribution in [2.75, 3.05) is 44.3 Å². The van der Waals surface area contributed by atoms with Crippen molar-refractivity contribution < 1.29 is 14.5 Å². The van der Waals surface area contributed by atoms with E-state index in [1.165, 1.54) is 34.4 Å². The van der Waals surface area contributed by atoms with E-state index in [4.69, 9.17) is 27.9 Å². The highest BCUT2D eigenvalue weighted by Gasteiger charge is 2.26. The number of rotatable bonds is 6. The lowest BCUT2D eigenvalue weighted by Crippen LogP contribution is -2.43. The van der Waals surface area contributed by atoms with Crippen molar-refractivity contribution in [1.82, 2.24) is 9.88 Å². The Bertz CT molecular complexity index is 1130. The van der Waals surface area contributed by atoms with Crippen molar-refractivity contribution in [1.29, 1.82) is 0 Å². The van der Waals surface area contributed by atoms with Gasteiger partial charge in [-0.05, 0) is 24.3 Å². The number of halogens is 2. The van der Waals surface area contributed by atoms with E-state index in [0.29, 0.717) is 36.5 Å². The third kappa shape index (κ3) is 4.97. The van der Waals surface area contributed by atoms with Gasteiger partial charge in [0, 0.05) is 43.3 Å². The summed E-state index contributed by atoms with van der Waals surface area (Å²) in [6.07, 6.45) is 0. The van der Waals surface area contributed by atoms with Gasteiger partial charge in [0.05, 0.1) is 38.9 Å². The molecule has 2 heterocycles. The molecule has 0 aliphatic carbocycles. The van der Waals surface area contributed by atoms with Crippen molar-refractivity contribution >= 4 is 61.5 Å². The van der Waals surface area contributed by atoms with Gasteiger partial charge in [0.2, 0.25) is 0 Å². The molecule has 1 amide bonds. The molecule has 1 fully saturated rings. The molecule has 0 N–H and O–H groups in total. The molecule has 4 rings (SSSR count). The number of hydrogen-bond donors (Lipinski definition) is 0. The minimum Gasteiger partial charge on any atom is -0.379 e. The summed E-state index contributed by atoms with van der Waals surface area (Å²) < 4.78 is 6.23. The van der Waals surface area contributed by atoms with Crippen LogP contribution in [0.2, 0.25) is 10.0 Å². The summed E-state index contributed by atoms with van der Waals surface area (Å²) in [6, 6.07) is 9.18. The smallest absolute Gasteiger partial charge is 0.270 e. The number of non-ortho nitro benzene ring substituents is 1. The Morgan fingerprint density at radius 1 is 1.23 bits per heavy atom. The minimum atomic E-state index is -0.551. The van der Waals surface area contributed by atoms with E-state index in [0.717, 1.165) is 23.3 Å². The van der Waals surface area contributed by atoms with Crippen LogP contribution >= 0.6 is 34.5 Å². The van der Waals surface area contributed by atoms with E-state index < -0.39 is 10.8 Å². The van der Waals surface area contributed by atoms with Crippen LogP contribution in [0.3, 0.4) is 0 Å². The quantitative estimate of drug-likeness (QED) is 0.381. The molecule has 0 spiro atoms. The van der Waals surface area contributed by atoms with E-state index in [2.05, 4.69) is 9.88 Å². The van der Waals surface area contributed by atoms with Crippen LogP contribution in [-0.4, -0.2) is 60.1 Å². The predicted molar refractivity (Wildman–Crippen MR) is 122 cm³/mol. The first kappa shape index (κ1) is 21.9. The molecule has 8 nitrogen and oxygen atoms in total. The second kappa shape index (κ2) is 9.46. The van der Waals surface area contributed by atoms with E-state index in [-0.39, 0.29) is 16.3 Å². The van der Waals surface area contributed by atoms with Crippen LogP contribution in [0.25, 0.3) is 10.2 Å². The lowest BCUT2D eigenvalue weighted by molar-refractivity contribution is -0.384. The monoisotopic (exact) mass is 480 g/mol. The first-order valence-electron chi connectivity index (χ1n) is 9.54. The molecule has 162 valence electrons. The van der Waals surface area contributed by atoms with E-state index in [1.54, 1.807) is 18.2 Å². The molecule has 0 saturated carbocycles. The Balaban J connectivity index is 1.69. The van der Waals surface area contributed by atoms with Gasteiger partial charge < -0.3 is 4.74 Å². The molecule has 1 aliphatic heterocycles. The molecule has 0 radical (unpaired) electrons. The van der Waals surface area contributed by atoms with Gasteiger partial charge in [0.1, 0.15) is 0 Å². The van der Waals surface area contributed by atoms with E-state index in [9.17, 15) is 14.9 Å². The largest absolute Gasteiger partial charge is 0.379 e. The average Bonchev–Trinajstić information content (AvgIpc) is 3.17. The molecule has 1 aliphatic rings. The Kier molecular flexibility index (Phi) is 6.68. The van der Waals surface area contributed by atoms with Crippen molar-refractivity contribution in [3.8, 4) is 0 Å². The zero-order valence-corrected chi connectivity index (χ0v) is 18.6. The maximum Gasteiger partial charge on any atom is 0.270 e. The number of carbonyl (C=O) groups excluding carboxylic acids is 1. The fraction of sp³-hybridized carbons (Fsp3) is 0.300. The van der Waals surface area contributed by atoms with Gasteiger partial charge in [-0.3, -0.25) is 24.7 Å². The summed E-state index contributed by atoms with van der Waals surface area (Å²) in [4.78, 5) is 32.4. The normalized spacial score (nSPS) is 14.6. The molecule has 0 atom stereocenters. The highest BCUT2D eigenvalue weighted by molar-refractivity contribution is 7.22. The molecule has 2 aromatic carbocycles. The third-order valence-electron chi connectivity index (χ3n) is 4.95. The minimum absolute atomic E-state index is 0.0649. The van der Waals surface area contributed by atoms with Gasteiger partial charge in [-0.25, -0.2) is 4.98 Å². The number of thiazole rings is 1. The molecule has 0 bridgehead atoms. The maximum absolute atomic E-state index is 13.5. The number of nitrogens with zero attached hydrogens (tertiary/aromatic N) is 4. The fourth-order valence-corrected chi connectivity index (χ4v) is 4.75. The van der Waals surface area contributed by atoms with Gasteiger partial charge in [0.15, 0.2) is 5.13 Å². The van der Waals surface area contributed by atoms with Gasteiger partial charge in [0.25, 0.3) is 11.6 Å². The first-order chi connectivity index (χ1) is 14.9. The molecule has 1 saturated heterocycles. The van der Waals surface area contributed by atoms with E-state index >= 15 is 0 Å². The number of nitro groups is 1. The van der Waals surface area contributed by atoms with Crippen LogP contribution in [0.1, 0.15) is 10.4 Å². The Labute approximate surface area is 192 Å². The topological polar surface area (TPSA) is 88.8 Å². The van der Waals surface area contributed by atoms with Crippen LogP contribution in [-0.2, 0) is 4.74 Å². The van der Waals surface area contributed by atoms with Gasteiger partial charge >= 0.3 is 0 Å². The summed E-state index contributed by atoms with van der Waals surface area (Å²) in [7, 11) is 0. The number of morpholine rings is 1. The van der Waals surface area contributed by atoms with Crippen LogP contribution in [0, 0.1) is 10.1 Å². The second-order valence-electron chi connectivity index (χ2n) is 6.94. The zero-order chi connectivity index (χ0) is 22.0. The molecule has 1 aromatic heterocycles. The highest BCUT2D eigenvalue weighted by atomic mass is 35.5. The molecule has 11 heteroatoms. The summed E-state index contributed by atoms with van der Waals surface area (Å²) in [5.41, 5.74) is 0.589. The third-order valence-corrected chi connectivity index (χ3v) is 6.56. The Morgan fingerprint density at radius 3 is 2.74 bits per heavy atom. The Morgan fingerprint density at radius 2 is 2.00 bits per heavy atom. The van der Waals surface area contributed by atoms with E-state index in [1.807, 2.05) is 0 Å². The fourth-order valence-electron chi connectivity index (χ4n) is 3.29. The highest BCUT2D eigenvalue weighted by Crippen LogP contribution is 2.33. The number of aromatic nitrogens is 1. The first-order valence-corrected chi connectivity index (χ1v) is 11.1. The van der Waals surface area contributed by atoms with Gasteiger partial charge in [-0.2, -0.15) is 0 Å². The number of amides is 1. The summed E-state index contributed by atoms with van der Waals surface area (Å²) in [5, 5.41) is 12.4. The number of nitro benzene ring substituents is 1. The van der Waals surface area contributed by atoms with Crippen LogP contribution in [0.15, 0.2) is 36.4 Å². The number of hydrogen-bond acceptors (Lipinski definition) is 7. The van der Waals surface area contributed by atoms with Crippen molar-refractivity contribution in [3.05, 3.63) is 62.1 Å². The number of fused-ring (bicyclic) bond motifs is 1. The lowest BCUT2D eigenvalue weighted by Gasteiger charge is -2.29. The number of anilines is 1. The van der Waals surface area contributed by atoms with Crippen LogP contribution in [0.4, 0.5) is 10.8 Å². The molecular weight excluding hydrogens is 463 g/mol. The van der Waals surface area contributed by atoms with Gasteiger partial charge in [-0.1, -0.05) is 34.5 Å². The van der Waals surface area contributed by atoms with Crippen molar-refractivity contribution in [2.24, 2.45) is 0 Å². The standard InChI is InChI=1S/C20H18Cl2N4O4S/c21-13-1-4-17-18(11-13)31-20(23-17)25(6-5-24-7-9-30-10-8-24)19(27)15-12-14(26(28)29)2-3-16(15)22/h1-4,11-12H,5-10H2. The average molecular weight is 481 g/mol. The maximum atomic E-state index is 13.5. The number of ether oxygens (including phenoxy) is 1. The predicted octanol–water partition coefficient (Wildman–Crippen LogP) is 4.49. The Hall–Kier alpha value is -2.30. The van der Waals surface area contributed by atoms with Crippen molar-refractivity contribution in [2.45, 2.75) is 0 Å². The number of benzene rings is 2. The summed E-state index contributed by atoms with van der Waals surface area (Å²) in [6.45, 7) is 3.79. The second-order valence-corrected chi connectivity index (χ2v) is 8.79. The molecular formula is C20H18Cl2N4O4S. The summed E-state index contributed by atoms with van der Waals surface area (Å²) in [5.74, 6) is -0.438. The van der Waals surface area contributed by atoms with Crippen molar-refractivity contribution in [3.63, 3.8) is 0 Å². The number of carbonyl (C=O) groups is 1. The summed E-state index contributed by atoms with van der Waals surface area (Å²) >= 11 is 13.7. The van der Waals surface area contributed by atoms with Gasteiger partial charge in [-0.15, -0.1) is 0 Å². The van der Waals surface area contributed by atoms with Crippen LogP contribution in [0.5, 0.6) is 0 Å².